The summed E-state index contributed by atoms with van der Waals surface area (Å²) in [6.07, 6.45) is 7.89. The molecule has 0 unspecified atom stereocenters. The van der Waals surface area contributed by atoms with Gasteiger partial charge < -0.3 is 16.0 Å². The summed E-state index contributed by atoms with van der Waals surface area (Å²) in [4.78, 5) is 38.4. The Hall–Kier alpha value is -3.72. The summed E-state index contributed by atoms with van der Waals surface area (Å²) in [6.45, 7) is 11.8. The van der Waals surface area contributed by atoms with E-state index in [4.69, 9.17) is 0 Å². The van der Waals surface area contributed by atoms with Crippen molar-refractivity contribution in [3.8, 4) is 0 Å². The highest BCUT2D eigenvalue weighted by Crippen LogP contribution is 2.45. The number of rotatable bonds is 7. The van der Waals surface area contributed by atoms with E-state index in [0.717, 1.165) is 41.7 Å². The SMILES string of the molecule is C=CC(=C)N[C@H]1CCC[C@H]1NC(=O)c1sc2nccc3c2c1NC(=O)N3c1ccnc(C(C)C)c1. The molecule has 5 rings (SSSR count). The van der Waals surface area contributed by atoms with Gasteiger partial charge in [0, 0.05) is 35.9 Å². The lowest BCUT2D eigenvalue weighted by atomic mass is 10.1. The van der Waals surface area contributed by atoms with Crippen LogP contribution in [-0.2, 0) is 0 Å². The van der Waals surface area contributed by atoms with Crippen molar-refractivity contribution >= 4 is 50.6 Å². The third-order valence-corrected chi connectivity index (χ3v) is 7.61. The number of carbonyl (C=O) groups excluding carboxylic acids is 2. The van der Waals surface area contributed by atoms with E-state index in [1.807, 2.05) is 18.2 Å². The molecular weight excluding hydrogens is 460 g/mol. The molecule has 0 radical (unpaired) electrons. The zero-order chi connectivity index (χ0) is 24.7. The lowest BCUT2D eigenvalue weighted by Crippen LogP contribution is -2.46. The molecule has 0 spiro atoms. The van der Waals surface area contributed by atoms with Gasteiger partial charge in [0.25, 0.3) is 5.91 Å². The monoisotopic (exact) mass is 488 g/mol. The Bertz CT molecular complexity index is 1350. The van der Waals surface area contributed by atoms with Crippen molar-refractivity contribution in [1.29, 1.82) is 0 Å². The van der Waals surface area contributed by atoms with Gasteiger partial charge >= 0.3 is 6.03 Å². The first kappa shape index (κ1) is 23.0. The number of thiophene rings is 1. The predicted molar refractivity (Wildman–Crippen MR) is 140 cm³/mol. The highest BCUT2D eigenvalue weighted by atomic mass is 32.1. The lowest BCUT2D eigenvalue weighted by molar-refractivity contribution is 0.0937. The van der Waals surface area contributed by atoms with Crippen LogP contribution in [0.3, 0.4) is 0 Å². The second-order valence-corrected chi connectivity index (χ2v) is 10.2. The maximum Gasteiger partial charge on any atom is 0.331 e. The quantitative estimate of drug-likeness (QED) is 0.385. The van der Waals surface area contributed by atoms with Crippen molar-refractivity contribution in [1.82, 2.24) is 20.6 Å². The van der Waals surface area contributed by atoms with Gasteiger partial charge in [0.05, 0.1) is 22.4 Å². The first-order valence-electron chi connectivity index (χ1n) is 11.7. The minimum Gasteiger partial charge on any atom is -0.381 e. The van der Waals surface area contributed by atoms with Crippen LogP contribution in [-0.4, -0.2) is 34.0 Å². The largest absolute Gasteiger partial charge is 0.381 e. The number of hydrogen-bond donors (Lipinski definition) is 3. The van der Waals surface area contributed by atoms with E-state index < -0.39 is 0 Å². The fourth-order valence-electron chi connectivity index (χ4n) is 4.73. The molecule has 1 aliphatic carbocycles. The highest BCUT2D eigenvalue weighted by Gasteiger charge is 2.35. The molecule has 35 heavy (non-hydrogen) atoms. The molecule has 0 aromatic carbocycles. The van der Waals surface area contributed by atoms with Gasteiger partial charge in [0.2, 0.25) is 0 Å². The molecule has 1 fully saturated rings. The Morgan fingerprint density at radius 3 is 2.71 bits per heavy atom. The number of nitrogens with one attached hydrogen (secondary N) is 3. The zero-order valence-corrected chi connectivity index (χ0v) is 20.6. The molecule has 0 bridgehead atoms. The molecular formula is C26H28N6O2S. The number of anilines is 3. The van der Waals surface area contributed by atoms with Crippen LogP contribution < -0.4 is 20.9 Å². The first-order valence-corrected chi connectivity index (χ1v) is 12.6. The van der Waals surface area contributed by atoms with E-state index in [2.05, 4.69) is 52.9 Å². The molecule has 180 valence electrons. The molecule has 3 amide bonds. The van der Waals surface area contributed by atoms with Gasteiger partial charge in [-0.3, -0.25) is 14.7 Å². The summed E-state index contributed by atoms with van der Waals surface area (Å²) in [5.74, 6) is 0.0152. The Kier molecular flexibility index (Phi) is 6.02. The van der Waals surface area contributed by atoms with Gasteiger partial charge in [-0.2, -0.15) is 0 Å². The maximum atomic E-state index is 13.4. The minimum atomic E-state index is -0.318. The number of hydrogen-bond acceptors (Lipinski definition) is 6. The summed E-state index contributed by atoms with van der Waals surface area (Å²) in [5.41, 5.74) is 3.58. The van der Waals surface area contributed by atoms with Crippen LogP contribution in [0.1, 0.15) is 54.4 Å². The average molecular weight is 489 g/mol. The summed E-state index contributed by atoms with van der Waals surface area (Å²) < 4.78 is 0. The van der Waals surface area contributed by atoms with E-state index in [0.29, 0.717) is 21.1 Å². The molecule has 1 saturated carbocycles. The highest BCUT2D eigenvalue weighted by molar-refractivity contribution is 7.21. The third-order valence-electron chi connectivity index (χ3n) is 6.52. The second-order valence-electron chi connectivity index (χ2n) is 9.17. The van der Waals surface area contributed by atoms with Gasteiger partial charge in [-0.05, 0) is 49.5 Å². The maximum absolute atomic E-state index is 13.4. The van der Waals surface area contributed by atoms with E-state index in [9.17, 15) is 9.59 Å². The lowest BCUT2D eigenvalue weighted by Gasteiger charge is -2.29. The zero-order valence-electron chi connectivity index (χ0n) is 19.8. The predicted octanol–water partition coefficient (Wildman–Crippen LogP) is 5.44. The normalized spacial score (nSPS) is 19.1. The molecule has 3 N–H and O–H groups in total. The van der Waals surface area contributed by atoms with Crippen LogP contribution in [0.5, 0.6) is 0 Å². The third kappa shape index (κ3) is 4.16. The number of amides is 3. The number of carbonyl (C=O) groups is 2. The van der Waals surface area contributed by atoms with Crippen LogP contribution in [0.4, 0.5) is 21.9 Å². The molecule has 9 heteroatoms. The van der Waals surface area contributed by atoms with E-state index in [1.165, 1.54) is 11.3 Å². The summed E-state index contributed by atoms with van der Waals surface area (Å²) in [6, 6.07) is 5.29. The Labute approximate surface area is 208 Å². The number of allylic oxidation sites excluding steroid dienone is 1. The number of nitrogens with zero attached hydrogens (tertiary/aromatic N) is 3. The van der Waals surface area contributed by atoms with E-state index in [-0.39, 0.29) is 29.9 Å². The molecule has 8 nitrogen and oxygen atoms in total. The van der Waals surface area contributed by atoms with Gasteiger partial charge in [-0.15, -0.1) is 11.3 Å². The molecule has 2 aliphatic rings. The molecule has 4 heterocycles. The summed E-state index contributed by atoms with van der Waals surface area (Å²) in [7, 11) is 0. The summed E-state index contributed by atoms with van der Waals surface area (Å²) >= 11 is 1.29. The topological polar surface area (TPSA) is 99.2 Å². The standard InChI is InChI=1S/C26H28N6O2S/c1-5-15(4)29-17-7-6-8-18(17)30-24(33)23-22-21-20(10-12-28-25(21)35-23)32(26(34)31-22)16-9-11-27-19(13-16)14(2)3/h5,9-14,17-18,29H,1,4,6-8H2,2-3H3,(H,30,33)(H,31,34)/t17-,18+/m0/s1. The van der Waals surface area contributed by atoms with Gasteiger partial charge in [-0.1, -0.05) is 27.0 Å². The molecule has 1 aliphatic heterocycles. The molecule has 2 atom stereocenters. The fraction of sp³-hybridized carbons (Fsp3) is 0.308. The van der Waals surface area contributed by atoms with Crippen LogP contribution >= 0.6 is 11.3 Å². The van der Waals surface area contributed by atoms with Crippen molar-refractivity contribution in [3.05, 3.63) is 66.1 Å². The smallest absolute Gasteiger partial charge is 0.331 e. The van der Waals surface area contributed by atoms with Crippen molar-refractivity contribution in [3.63, 3.8) is 0 Å². The van der Waals surface area contributed by atoms with Crippen LogP contribution in [0, 0.1) is 0 Å². The summed E-state index contributed by atoms with van der Waals surface area (Å²) in [5, 5.41) is 10.2. The van der Waals surface area contributed by atoms with E-state index in [1.54, 1.807) is 23.4 Å². The van der Waals surface area contributed by atoms with Crippen molar-refractivity contribution < 1.29 is 9.59 Å². The van der Waals surface area contributed by atoms with E-state index >= 15 is 0 Å². The first-order chi connectivity index (χ1) is 16.9. The van der Waals surface area contributed by atoms with Crippen LogP contribution in [0.2, 0.25) is 0 Å². The molecule has 0 saturated heterocycles. The Morgan fingerprint density at radius 2 is 1.97 bits per heavy atom. The Balaban J connectivity index is 1.49. The van der Waals surface area contributed by atoms with Crippen molar-refractivity contribution in [2.75, 3.05) is 10.2 Å². The van der Waals surface area contributed by atoms with Gasteiger partial charge in [0.15, 0.2) is 0 Å². The number of aromatic nitrogens is 2. The molecule has 3 aromatic rings. The average Bonchev–Trinajstić information content (AvgIpc) is 3.44. The van der Waals surface area contributed by atoms with Gasteiger partial charge in [-0.25, -0.2) is 9.78 Å². The molecule has 3 aromatic heterocycles. The number of urea groups is 1. The van der Waals surface area contributed by atoms with Crippen molar-refractivity contribution in [2.45, 2.75) is 51.1 Å². The number of pyridine rings is 2. The minimum absolute atomic E-state index is 0.0360. The van der Waals surface area contributed by atoms with Crippen LogP contribution in [0.25, 0.3) is 10.2 Å². The second kappa shape index (κ2) is 9.14. The van der Waals surface area contributed by atoms with Gasteiger partial charge in [0.1, 0.15) is 9.71 Å². The fourth-order valence-corrected chi connectivity index (χ4v) is 5.75. The van der Waals surface area contributed by atoms with Crippen LogP contribution in [0.15, 0.2) is 55.5 Å². The Morgan fingerprint density at radius 1 is 1.23 bits per heavy atom. The van der Waals surface area contributed by atoms with Crippen molar-refractivity contribution in [2.24, 2.45) is 0 Å².